The predicted molar refractivity (Wildman–Crippen MR) is 44.6 cm³/mol. The molecule has 1 rings (SSSR count). The fourth-order valence-corrected chi connectivity index (χ4v) is 1.08. The highest BCUT2D eigenvalue weighted by Crippen LogP contribution is 2.15. The topological polar surface area (TPSA) is 0 Å². The number of rotatable bonds is 3. The molecule has 0 nitrogen and oxygen atoms in total. The van der Waals surface area contributed by atoms with Gasteiger partial charge in [-0.25, -0.2) is 13.2 Å². The molecule has 0 spiro atoms. The standard InChI is InChI=1S/C10H10F3/c1-2-3-4-7-5-8(11)10(13)9(12)6-7/h5-6H,1-4H2. The first-order chi connectivity index (χ1) is 6.15. The van der Waals surface area contributed by atoms with E-state index in [1.807, 2.05) is 0 Å². The lowest BCUT2D eigenvalue weighted by Gasteiger charge is -2.01. The summed E-state index contributed by atoms with van der Waals surface area (Å²) in [6.07, 6.45) is 1.96. The molecule has 0 fully saturated rings. The summed E-state index contributed by atoms with van der Waals surface area (Å²) in [5, 5.41) is 0. The number of hydrogen-bond donors (Lipinski definition) is 0. The summed E-state index contributed by atoms with van der Waals surface area (Å²) in [5.74, 6) is -3.66. The average molecular weight is 187 g/mol. The van der Waals surface area contributed by atoms with E-state index >= 15 is 0 Å². The second kappa shape index (κ2) is 4.30. The minimum absolute atomic E-state index is 0.472. The van der Waals surface area contributed by atoms with Gasteiger partial charge in [-0.05, 0) is 30.5 Å². The van der Waals surface area contributed by atoms with Crippen LogP contribution in [0.4, 0.5) is 13.2 Å². The van der Waals surface area contributed by atoms with Crippen molar-refractivity contribution in [3.63, 3.8) is 0 Å². The quantitative estimate of drug-likeness (QED) is 0.637. The van der Waals surface area contributed by atoms with E-state index in [0.717, 1.165) is 18.6 Å². The van der Waals surface area contributed by atoms with Crippen LogP contribution in [0.15, 0.2) is 12.1 Å². The van der Waals surface area contributed by atoms with Gasteiger partial charge in [-0.3, -0.25) is 0 Å². The van der Waals surface area contributed by atoms with Crippen LogP contribution in [0, 0.1) is 24.4 Å². The molecule has 71 valence electrons. The number of unbranched alkanes of at least 4 members (excludes halogenated alkanes) is 1. The molecule has 0 aliphatic heterocycles. The van der Waals surface area contributed by atoms with Crippen LogP contribution in [0.1, 0.15) is 18.4 Å². The van der Waals surface area contributed by atoms with Gasteiger partial charge in [-0.1, -0.05) is 13.3 Å². The first-order valence-electron chi connectivity index (χ1n) is 4.08. The Morgan fingerprint density at radius 3 is 2.08 bits per heavy atom. The Kier molecular flexibility index (Phi) is 3.34. The van der Waals surface area contributed by atoms with Crippen LogP contribution in [0.3, 0.4) is 0 Å². The monoisotopic (exact) mass is 187 g/mol. The highest BCUT2D eigenvalue weighted by Gasteiger charge is 2.09. The number of benzene rings is 1. The Bertz CT molecular complexity index is 271. The highest BCUT2D eigenvalue weighted by atomic mass is 19.2. The highest BCUT2D eigenvalue weighted by molar-refractivity contribution is 5.19. The zero-order valence-corrected chi connectivity index (χ0v) is 7.12. The first kappa shape index (κ1) is 10.1. The molecule has 0 aliphatic rings. The van der Waals surface area contributed by atoms with Gasteiger partial charge < -0.3 is 0 Å². The summed E-state index contributed by atoms with van der Waals surface area (Å²) < 4.78 is 37.7. The van der Waals surface area contributed by atoms with Crippen molar-refractivity contribution in [3.05, 3.63) is 42.1 Å². The number of halogens is 3. The van der Waals surface area contributed by atoms with Crippen LogP contribution in [-0.4, -0.2) is 0 Å². The average Bonchev–Trinajstić information content (AvgIpc) is 2.10. The molecule has 0 bridgehead atoms. The van der Waals surface area contributed by atoms with Gasteiger partial charge in [0.2, 0.25) is 0 Å². The van der Waals surface area contributed by atoms with Gasteiger partial charge in [0.15, 0.2) is 17.5 Å². The van der Waals surface area contributed by atoms with E-state index in [-0.39, 0.29) is 0 Å². The van der Waals surface area contributed by atoms with E-state index in [4.69, 9.17) is 0 Å². The Morgan fingerprint density at radius 2 is 1.62 bits per heavy atom. The molecule has 0 atom stereocenters. The molecule has 13 heavy (non-hydrogen) atoms. The lowest BCUT2D eigenvalue weighted by atomic mass is 10.1. The van der Waals surface area contributed by atoms with Crippen molar-refractivity contribution >= 4 is 0 Å². The molecular formula is C10H10F3. The van der Waals surface area contributed by atoms with Crippen LogP contribution < -0.4 is 0 Å². The Morgan fingerprint density at radius 1 is 1.08 bits per heavy atom. The number of aryl methyl sites for hydroxylation is 1. The first-order valence-corrected chi connectivity index (χ1v) is 4.08. The molecule has 1 aromatic carbocycles. The third-order valence-electron chi connectivity index (χ3n) is 1.76. The maximum Gasteiger partial charge on any atom is 0.194 e. The molecule has 0 unspecified atom stereocenters. The van der Waals surface area contributed by atoms with Crippen LogP contribution in [0.2, 0.25) is 0 Å². The molecule has 1 aromatic rings. The largest absolute Gasteiger partial charge is 0.204 e. The smallest absolute Gasteiger partial charge is 0.194 e. The maximum atomic E-state index is 12.6. The van der Waals surface area contributed by atoms with Crippen molar-refractivity contribution in [2.45, 2.75) is 19.3 Å². The van der Waals surface area contributed by atoms with E-state index in [1.165, 1.54) is 0 Å². The van der Waals surface area contributed by atoms with Gasteiger partial charge in [0, 0.05) is 0 Å². The SMILES string of the molecule is [CH2]CCCc1cc(F)c(F)c(F)c1. The van der Waals surface area contributed by atoms with Crippen LogP contribution in [-0.2, 0) is 6.42 Å². The van der Waals surface area contributed by atoms with Gasteiger partial charge in [0.05, 0.1) is 0 Å². The third kappa shape index (κ3) is 2.47. The van der Waals surface area contributed by atoms with Crippen LogP contribution in [0.25, 0.3) is 0 Å². The molecule has 0 saturated heterocycles. The molecule has 0 aromatic heterocycles. The van der Waals surface area contributed by atoms with Gasteiger partial charge in [-0.15, -0.1) is 0 Å². The summed E-state index contributed by atoms with van der Waals surface area (Å²) >= 11 is 0. The lowest BCUT2D eigenvalue weighted by Crippen LogP contribution is -1.94. The molecule has 0 aliphatic carbocycles. The van der Waals surface area contributed by atoms with E-state index in [0.29, 0.717) is 18.4 Å². The molecule has 0 N–H and O–H groups in total. The van der Waals surface area contributed by atoms with Crippen molar-refractivity contribution < 1.29 is 13.2 Å². The molecule has 0 amide bonds. The normalized spacial score (nSPS) is 10.5. The lowest BCUT2D eigenvalue weighted by molar-refractivity contribution is 0.445. The van der Waals surface area contributed by atoms with E-state index in [9.17, 15) is 13.2 Å². The molecule has 3 heteroatoms. The summed E-state index contributed by atoms with van der Waals surface area (Å²) in [6.45, 7) is 3.60. The van der Waals surface area contributed by atoms with E-state index in [1.54, 1.807) is 0 Å². The molecule has 0 heterocycles. The van der Waals surface area contributed by atoms with Gasteiger partial charge in [0.1, 0.15) is 0 Å². The summed E-state index contributed by atoms with van der Waals surface area (Å²) in [6, 6.07) is 2.04. The van der Waals surface area contributed by atoms with E-state index < -0.39 is 17.5 Å². The van der Waals surface area contributed by atoms with Gasteiger partial charge in [0.25, 0.3) is 0 Å². The third-order valence-corrected chi connectivity index (χ3v) is 1.76. The zero-order chi connectivity index (χ0) is 9.84. The van der Waals surface area contributed by atoms with Crippen LogP contribution >= 0.6 is 0 Å². The van der Waals surface area contributed by atoms with Gasteiger partial charge >= 0.3 is 0 Å². The van der Waals surface area contributed by atoms with E-state index in [2.05, 4.69) is 6.92 Å². The Hall–Kier alpha value is -0.990. The van der Waals surface area contributed by atoms with Gasteiger partial charge in [-0.2, -0.15) is 0 Å². The number of hydrogen-bond acceptors (Lipinski definition) is 0. The maximum absolute atomic E-state index is 12.6. The zero-order valence-electron chi connectivity index (χ0n) is 7.12. The van der Waals surface area contributed by atoms with Crippen molar-refractivity contribution in [3.8, 4) is 0 Å². The fourth-order valence-electron chi connectivity index (χ4n) is 1.08. The molecule has 0 saturated carbocycles. The predicted octanol–water partition coefficient (Wildman–Crippen LogP) is 3.26. The minimum atomic E-state index is -1.40. The van der Waals surface area contributed by atoms with Crippen molar-refractivity contribution in [1.29, 1.82) is 0 Å². The molecular weight excluding hydrogens is 177 g/mol. The second-order valence-corrected chi connectivity index (χ2v) is 2.83. The minimum Gasteiger partial charge on any atom is -0.204 e. The Balaban J connectivity index is 2.86. The fraction of sp³-hybridized carbons (Fsp3) is 0.300. The van der Waals surface area contributed by atoms with Crippen molar-refractivity contribution in [2.75, 3.05) is 0 Å². The summed E-state index contributed by atoms with van der Waals surface area (Å²) in [4.78, 5) is 0. The summed E-state index contributed by atoms with van der Waals surface area (Å²) in [7, 11) is 0. The van der Waals surface area contributed by atoms with Crippen molar-refractivity contribution in [2.24, 2.45) is 0 Å². The van der Waals surface area contributed by atoms with Crippen molar-refractivity contribution in [1.82, 2.24) is 0 Å². The Labute approximate surface area is 75.4 Å². The summed E-state index contributed by atoms with van der Waals surface area (Å²) in [5.41, 5.74) is 0.472. The molecule has 1 radical (unpaired) electrons. The second-order valence-electron chi connectivity index (χ2n) is 2.83. The van der Waals surface area contributed by atoms with Crippen LogP contribution in [0.5, 0.6) is 0 Å².